The van der Waals surface area contributed by atoms with E-state index in [1.807, 2.05) is 48.5 Å². The number of aromatic nitrogens is 1. The van der Waals surface area contributed by atoms with Gasteiger partial charge < -0.3 is 14.5 Å². The van der Waals surface area contributed by atoms with Crippen LogP contribution < -0.4 is 20.9 Å². The van der Waals surface area contributed by atoms with Crippen LogP contribution in [0.2, 0.25) is 0 Å². The van der Waals surface area contributed by atoms with Crippen molar-refractivity contribution in [2.45, 2.75) is 0 Å². The van der Waals surface area contributed by atoms with E-state index in [1.165, 1.54) is 0 Å². The summed E-state index contributed by atoms with van der Waals surface area (Å²) in [6, 6.07) is 19.9. The number of carbonyl (C=O) groups excluding carboxylic acids is 1. The summed E-state index contributed by atoms with van der Waals surface area (Å²) in [4.78, 5) is 17.5. The average molecular weight is 418 g/mol. The van der Waals surface area contributed by atoms with Gasteiger partial charge in [0, 0.05) is 11.1 Å². The molecular formula is C22H18N4O3S. The molecule has 0 saturated carbocycles. The summed E-state index contributed by atoms with van der Waals surface area (Å²) in [5, 5.41) is 3.97. The van der Waals surface area contributed by atoms with E-state index < -0.39 is 0 Å². The lowest BCUT2D eigenvalue weighted by Crippen LogP contribution is -2.43. The number of nitrogens with zero attached hydrogens (tertiary/aromatic N) is 1. The summed E-state index contributed by atoms with van der Waals surface area (Å²) >= 11 is 5.26. The highest BCUT2D eigenvalue weighted by atomic mass is 32.1. The largest absolute Gasteiger partial charge is 0.497 e. The Bertz CT molecular complexity index is 1190. The first-order valence-electron chi connectivity index (χ1n) is 9.09. The third-order valence-corrected chi connectivity index (χ3v) is 4.58. The van der Waals surface area contributed by atoms with Crippen molar-refractivity contribution >= 4 is 39.8 Å². The van der Waals surface area contributed by atoms with Gasteiger partial charge in [-0.25, -0.2) is 4.98 Å². The lowest BCUT2D eigenvalue weighted by atomic mass is 10.1. The van der Waals surface area contributed by atoms with Gasteiger partial charge >= 0.3 is 0 Å². The molecule has 150 valence electrons. The van der Waals surface area contributed by atoms with Gasteiger partial charge in [-0.2, -0.15) is 0 Å². The molecular weight excluding hydrogens is 400 g/mol. The fraction of sp³-hybridized carbons (Fsp3) is 0.0455. The van der Waals surface area contributed by atoms with Crippen molar-refractivity contribution in [1.29, 1.82) is 0 Å². The van der Waals surface area contributed by atoms with E-state index in [0.717, 1.165) is 16.8 Å². The van der Waals surface area contributed by atoms with Gasteiger partial charge in [0.15, 0.2) is 10.9 Å². The summed E-state index contributed by atoms with van der Waals surface area (Å²) in [6.45, 7) is 0. The molecule has 0 aliphatic rings. The Hall–Kier alpha value is -3.91. The topological polar surface area (TPSA) is 88.4 Å². The smallest absolute Gasteiger partial charge is 0.270 e. The minimum Gasteiger partial charge on any atom is -0.497 e. The van der Waals surface area contributed by atoms with Gasteiger partial charge in [0.05, 0.1) is 24.5 Å². The highest BCUT2D eigenvalue weighted by Crippen LogP contribution is 2.25. The number of fused-ring (bicyclic) bond motifs is 1. The second kappa shape index (κ2) is 8.62. The molecule has 0 aliphatic carbocycles. The molecule has 7 nitrogen and oxygen atoms in total. The second-order valence-electron chi connectivity index (χ2n) is 6.31. The molecule has 2 aromatic heterocycles. The number of furan rings is 1. The Morgan fingerprint density at radius 1 is 1.03 bits per heavy atom. The average Bonchev–Trinajstić information content (AvgIpc) is 3.32. The summed E-state index contributed by atoms with van der Waals surface area (Å²) < 4.78 is 10.6. The van der Waals surface area contributed by atoms with Crippen LogP contribution in [0, 0.1) is 0 Å². The number of nitrogens with one attached hydrogen (secondary N) is 3. The van der Waals surface area contributed by atoms with Crippen molar-refractivity contribution in [1.82, 2.24) is 15.8 Å². The predicted octanol–water partition coefficient (Wildman–Crippen LogP) is 4.13. The summed E-state index contributed by atoms with van der Waals surface area (Å²) in [7, 11) is 1.60. The van der Waals surface area contributed by atoms with Gasteiger partial charge in [0.25, 0.3) is 5.91 Å². The molecule has 2 heterocycles. The Morgan fingerprint density at radius 3 is 2.57 bits per heavy atom. The summed E-state index contributed by atoms with van der Waals surface area (Å²) in [6.07, 6.45) is 1.57. The van der Waals surface area contributed by atoms with Crippen molar-refractivity contribution in [2.75, 3.05) is 12.4 Å². The van der Waals surface area contributed by atoms with Crippen LogP contribution in [0.4, 0.5) is 5.69 Å². The van der Waals surface area contributed by atoms with Crippen LogP contribution in [-0.4, -0.2) is 23.1 Å². The Balaban J connectivity index is 1.50. The van der Waals surface area contributed by atoms with Crippen molar-refractivity contribution in [3.8, 4) is 17.2 Å². The number of methoxy groups -OCH3 is 1. The number of thiocarbonyl (C=S) groups is 1. The number of ether oxygens (including phenoxy) is 1. The molecule has 0 bridgehead atoms. The SMILES string of the molecule is COc1ccc(NC(=S)NNC(=O)c2cc(-c3ccco3)nc3ccccc23)cc1. The molecule has 0 radical (unpaired) electrons. The Morgan fingerprint density at radius 2 is 1.83 bits per heavy atom. The molecule has 30 heavy (non-hydrogen) atoms. The first kappa shape index (κ1) is 19.4. The van der Waals surface area contributed by atoms with E-state index in [1.54, 1.807) is 31.6 Å². The highest BCUT2D eigenvalue weighted by Gasteiger charge is 2.15. The molecule has 0 unspecified atom stereocenters. The van der Waals surface area contributed by atoms with E-state index in [0.29, 0.717) is 22.5 Å². The maximum atomic E-state index is 12.9. The quantitative estimate of drug-likeness (QED) is 0.339. The molecule has 2 aromatic carbocycles. The monoisotopic (exact) mass is 418 g/mol. The van der Waals surface area contributed by atoms with Gasteiger partial charge in [-0.05, 0) is 60.7 Å². The molecule has 0 spiro atoms. The molecule has 0 atom stereocenters. The number of benzene rings is 2. The lowest BCUT2D eigenvalue weighted by Gasteiger charge is -2.13. The number of hydrogen-bond acceptors (Lipinski definition) is 5. The summed E-state index contributed by atoms with van der Waals surface area (Å²) in [5.74, 6) is 0.976. The van der Waals surface area contributed by atoms with E-state index in [9.17, 15) is 4.79 Å². The minimum absolute atomic E-state index is 0.248. The molecule has 0 saturated heterocycles. The van der Waals surface area contributed by atoms with Crippen LogP contribution in [0.15, 0.2) is 77.4 Å². The summed E-state index contributed by atoms with van der Waals surface area (Å²) in [5.41, 5.74) is 7.83. The van der Waals surface area contributed by atoms with Crippen molar-refractivity contribution in [3.63, 3.8) is 0 Å². The predicted molar refractivity (Wildman–Crippen MR) is 119 cm³/mol. The van der Waals surface area contributed by atoms with Gasteiger partial charge in [-0.3, -0.25) is 15.6 Å². The third kappa shape index (κ3) is 4.23. The van der Waals surface area contributed by atoms with Crippen molar-refractivity contribution in [3.05, 3.63) is 78.6 Å². The van der Waals surface area contributed by atoms with E-state index in [4.69, 9.17) is 21.4 Å². The van der Waals surface area contributed by atoms with Crippen LogP contribution in [0.25, 0.3) is 22.4 Å². The third-order valence-electron chi connectivity index (χ3n) is 4.37. The van der Waals surface area contributed by atoms with Crippen molar-refractivity contribution in [2.24, 2.45) is 0 Å². The maximum Gasteiger partial charge on any atom is 0.270 e. The van der Waals surface area contributed by atoms with E-state index >= 15 is 0 Å². The molecule has 0 fully saturated rings. The number of amides is 1. The van der Waals surface area contributed by atoms with E-state index in [-0.39, 0.29) is 11.0 Å². The fourth-order valence-corrected chi connectivity index (χ4v) is 3.10. The maximum absolute atomic E-state index is 12.9. The van der Waals surface area contributed by atoms with Gasteiger partial charge in [-0.15, -0.1) is 0 Å². The first-order valence-corrected chi connectivity index (χ1v) is 9.50. The Kier molecular flexibility index (Phi) is 5.58. The zero-order valence-electron chi connectivity index (χ0n) is 16.0. The molecule has 8 heteroatoms. The molecule has 1 amide bonds. The zero-order chi connectivity index (χ0) is 20.9. The highest BCUT2D eigenvalue weighted by molar-refractivity contribution is 7.80. The number of rotatable bonds is 4. The fourth-order valence-electron chi connectivity index (χ4n) is 2.93. The van der Waals surface area contributed by atoms with Crippen molar-refractivity contribution < 1.29 is 13.9 Å². The number of anilines is 1. The Labute approximate surface area is 178 Å². The number of pyridine rings is 1. The minimum atomic E-state index is -0.347. The number of hydrogen-bond donors (Lipinski definition) is 3. The van der Waals surface area contributed by atoms with Crippen LogP contribution in [0.1, 0.15) is 10.4 Å². The van der Waals surface area contributed by atoms with Gasteiger partial charge in [-0.1, -0.05) is 18.2 Å². The van der Waals surface area contributed by atoms with Crippen LogP contribution in [-0.2, 0) is 0 Å². The van der Waals surface area contributed by atoms with Crippen LogP contribution >= 0.6 is 12.2 Å². The molecule has 4 aromatic rings. The number of carbonyl (C=O) groups is 1. The normalized spacial score (nSPS) is 10.4. The molecule has 3 N–H and O–H groups in total. The standard InChI is InChI=1S/C22H18N4O3S/c1-28-15-10-8-14(9-11-15)23-22(30)26-25-21(27)17-13-19(20-7-4-12-29-20)24-18-6-3-2-5-16(17)18/h2-13H,1H3,(H,25,27)(H2,23,26,30). The molecule has 0 aliphatic heterocycles. The number of para-hydroxylation sites is 1. The van der Waals surface area contributed by atoms with Gasteiger partial charge in [0.2, 0.25) is 0 Å². The second-order valence-corrected chi connectivity index (χ2v) is 6.72. The molecule has 4 rings (SSSR count). The van der Waals surface area contributed by atoms with Crippen LogP contribution in [0.5, 0.6) is 5.75 Å². The van der Waals surface area contributed by atoms with Crippen LogP contribution in [0.3, 0.4) is 0 Å². The lowest BCUT2D eigenvalue weighted by molar-refractivity contribution is 0.0946. The zero-order valence-corrected chi connectivity index (χ0v) is 16.8. The number of hydrazine groups is 1. The first-order chi connectivity index (χ1) is 14.6. The van der Waals surface area contributed by atoms with E-state index in [2.05, 4.69) is 21.2 Å². The van der Waals surface area contributed by atoms with Gasteiger partial charge in [0.1, 0.15) is 11.4 Å².